The fraction of sp³-hybridized carbons (Fsp3) is 0.391. The Morgan fingerprint density at radius 2 is 1.97 bits per heavy atom. The molecule has 1 saturated heterocycles. The summed E-state index contributed by atoms with van der Waals surface area (Å²) in [7, 11) is 1.28. The number of nitrogens with zero attached hydrogens (tertiary/aromatic N) is 3. The van der Waals surface area contributed by atoms with Crippen LogP contribution in [0.5, 0.6) is 5.75 Å². The zero-order valence-electron chi connectivity index (χ0n) is 18.7. The molecule has 3 aromatic rings. The summed E-state index contributed by atoms with van der Waals surface area (Å²) in [6.07, 6.45) is 1.40. The van der Waals surface area contributed by atoms with Crippen LogP contribution in [-0.4, -0.2) is 53.1 Å². The molecule has 2 aromatic carbocycles. The Labute approximate surface area is 197 Å². The van der Waals surface area contributed by atoms with Gasteiger partial charge < -0.3 is 10.1 Å². The number of methoxy groups -OCH3 is 1. The lowest BCUT2D eigenvalue weighted by atomic mass is 10.1. The zero-order valence-corrected chi connectivity index (χ0v) is 20.4. The van der Waals surface area contributed by atoms with Crippen molar-refractivity contribution in [1.29, 1.82) is 0 Å². The highest BCUT2D eigenvalue weighted by Crippen LogP contribution is 2.42. The molecule has 0 spiro atoms. The number of fused-ring (bicyclic) bond motifs is 1. The van der Waals surface area contributed by atoms with E-state index in [1.54, 1.807) is 26.0 Å². The standard InChI is InChI=1S/C23H26F3N4OPS/c1-14-28-18-12-19(31-2)20(32-9-7-30(33-3)8-10-32)11-17(18)23(29-14)27-13-15-5-4-6-16(21(15)24)22(25)26/h4-6,11-12,22H,7-10,13H2,1-3H3,(H,27,28,29). The van der Waals surface area contributed by atoms with Gasteiger partial charge >= 0.3 is 0 Å². The fourth-order valence-electron chi connectivity index (χ4n) is 4.00. The number of alkyl halides is 2. The Hall–Kier alpha value is -2.09. The monoisotopic (exact) mass is 494 g/mol. The van der Waals surface area contributed by atoms with Crippen LogP contribution in [0, 0.1) is 12.7 Å². The van der Waals surface area contributed by atoms with Gasteiger partial charge in [-0.1, -0.05) is 38.1 Å². The maximum absolute atomic E-state index is 14.5. The van der Waals surface area contributed by atoms with Gasteiger partial charge in [0.15, 0.2) is 0 Å². The van der Waals surface area contributed by atoms with Gasteiger partial charge in [0.2, 0.25) is 0 Å². The van der Waals surface area contributed by atoms with Gasteiger partial charge in [-0.15, -0.1) is 0 Å². The van der Waals surface area contributed by atoms with Crippen LogP contribution in [-0.2, 0) is 6.54 Å². The second kappa shape index (κ2) is 10.5. The molecule has 1 aliphatic heterocycles. The van der Waals surface area contributed by atoms with Gasteiger partial charge in [-0.3, -0.25) is 4.31 Å². The van der Waals surface area contributed by atoms with Crippen LogP contribution in [0.4, 0.5) is 19.0 Å². The number of nitrogens with one attached hydrogen (secondary N) is 1. The van der Waals surface area contributed by atoms with Crippen LogP contribution in [0.2, 0.25) is 0 Å². The molecule has 2 heterocycles. The summed E-state index contributed by atoms with van der Waals surface area (Å²) >= 11 is 1.77. The number of benzene rings is 2. The maximum atomic E-state index is 14.5. The van der Waals surface area contributed by atoms with Crippen molar-refractivity contribution in [1.82, 2.24) is 14.3 Å². The van der Waals surface area contributed by atoms with Gasteiger partial charge in [0, 0.05) is 42.0 Å². The molecule has 0 bridgehead atoms. The topological polar surface area (TPSA) is 50.3 Å². The second-order valence-electron chi connectivity index (χ2n) is 7.73. The van der Waals surface area contributed by atoms with Crippen molar-refractivity contribution in [3.05, 3.63) is 53.1 Å². The number of halogens is 3. The SMILES string of the molecule is COc1cc2nc(C)nc(NCc3cccc(C(F)F)c3F)c2cc1P1CCN(SC)CC1. The molecule has 4 rings (SSSR count). The van der Waals surface area contributed by atoms with Crippen LogP contribution in [0.3, 0.4) is 0 Å². The fourth-order valence-corrected chi connectivity index (χ4v) is 7.27. The van der Waals surface area contributed by atoms with Crippen molar-refractivity contribution in [2.45, 2.75) is 19.9 Å². The highest BCUT2D eigenvalue weighted by atomic mass is 32.2. The molecular formula is C23H26F3N4OPS. The molecule has 1 aromatic heterocycles. The molecule has 10 heteroatoms. The highest BCUT2D eigenvalue weighted by Gasteiger charge is 2.24. The largest absolute Gasteiger partial charge is 0.496 e. The second-order valence-corrected chi connectivity index (χ2v) is 11.1. The number of hydrogen-bond acceptors (Lipinski definition) is 6. The zero-order chi connectivity index (χ0) is 23.5. The normalized spacial score (nSPS) is 15.4. The lowest BCUT2D eigenvalue weighted by molar-refractivity contribution is 0.146. The van der Waals surface area contributed by atoms with E-state index in [0.29, 0.717) is 11.6 Å². The quantitative estimate of drug-likeness (QED) is 0.354. The summed E-state index contributed by atoms with van der Waals surface area (Å²) in [6.45, 7) is 3.88. The predicted molar refractivity (Wildman–Crippen MR) is 131 cm³/mol. The lowest BCUT2D eigenvalue weighted by Crippen LogP contribution is -2.30. The third-order valence-electron chi connectivity index (χ3n) is 5.74. The summed E-state index contributed by atoms with van der Waals surface area (Å²) in [4.78, 5) is 9.09. The highest BCUT2D eigenvalue weighted by molar-refractivity contribution is 7.96. The number of aromatic nitrogens is 2. The van der Waals surface area contributed by atoms with Crippen molar-refractivity contribution in [3.63, 3.8) is 0 Å². The van der Waals surface area contributed by atoms with Crippen LogP contribution < -0.4 is 15.4 Å². The minimum Gasteiger partial charge on any atom is -0.496 e. The molecule has 33 heavy (non-hydrogen) atoms. The molecule has 1 fully saturated rings. The van der Waals surface area contributed by atoms with Gasteiger partial charge in [0.05, 0.1) is 18.2 Å². The first-order valence-corrected chi connectivity index (χ1v) is 13.5. The summed E-state index contributed by atoms with van der Waals surface area (Å²) in [6, 6.07) is 8.07. The van der Waals surface area contributed by atoms with Gasteiger partial charge in [0.25, 0.3) is 6.43 Å². The Bertz CT molecular complexity index is 1140. The molecule has 1 N–H and O–H groups in total. The van der Waals surface area contributed by atoms with Crippen LogP contribution in [0.15, 0.2) is 30.3 Å². The summed E-state index contributed by atoms with van der Waals surface area (Å²) < 4.78 is 48.8. The van der Waals surface area contributed by atoms with Gasteiger partial charge in [-0.25, -0.2) is 23.1 Å². The number of anilines is 1. The van der Waals surface area contributed by atoms with Gasteiger partial charge in [0.1, 0.15) is 23.2 Å². The third kappa shape index (κ3) is 5.20. The predicted octanol–water partition coefficient (Wildman–Crippen LogP) is 5.34. The Kier molecular flexibility index (Phi) is 7.62. The van der Waals surface area contributed by atoms with Crippen molar-refractivity contribution in [3.8, 4) is 5.75 Å². The van der Waals surface area contributed by atoms with Crippen molar-refractivity contribution in [2.75, 3.05) is 44.1 Å². The van der Waals surface area contributed by atoms with E-state index >= 15 is 0 Å². The molecule has 0 unspecified atom stereocenters. The van der Waals surface area contributed by atoms with Crippen molar-refractivity contribution < 1.29 is 17.9 Å². The smallest absolute Gasteiger partial charge is 0.266 e. The molecule has 176 valence electrons. The van der Waals surface area contributed by atoms with Crippen molar-refractivity contribution in [2.24, 2.45) is 0 Å². The number of aryl methyl sites for hydroxylation is 1. The molecule has 0 saturated carbocycles. The third-order valence-corrected chi connectivity index (χ3v) is 9.13. The summed E-state index contributed by atoms with van der Waals surface area (Å²) in [5.41, 5.74) is 0.300. The van der Waals surface area contributed by atoms with Gasteiger partial charge in [-0.2, -0.15) is 0 Å². The van der Waals surface area contributed by atoms with Gasteiger partial charge in [-0.05, 0) is 31.6 Å². The molecule has 0 radical (unpaired) electrons. The maximum Gasteiger partial charge on any atom is 0.266 e. The van der Waals surface area contributed by atoms with Crippen molar-refractivity contribution >= 4 is 41.9 Å². The van der Waals surface area contributed by atoms with E-state index in [-0.39, 0.29) is 12.1 Å². The summed E-state index contributed by atoms with van der Waals surface area (Å²) in [5.74, 6) is 1.05. The Morgan fingerprint density at radius 3 is 2.64 bits per heavy atom. The van der Waals surface area contributed by atoms with E-state index in [1.165, 1.54) is 17.4 Å². The number of rotatable bonds is 7. The number of ether oxygens (including phenoxy) is 1. The summed E-state index contributed by atoms with van der Waals surface area (Å²) in [5, 5.41) is 5.14. The minimum absolute atomic E-state index is 0.0384. The molecule has 5 nitrogen and oxygen atoms in total. The molecule has 1 aliphatic rings. The van der Waals surface area contributed by atoms with E-state index in [2.05, 4.69) is 31.9 Å². The average molecular weight is 495 g/mol. The first-order chi connectivity index (χ1) is 15.9. The number of hydrogen-bond donors (Lipinski definition) is 1. The average Bonchev–Trinajstić information content (AvgIpc) is 2.82. The van der Waals surface area contributed by atoms with E-state index in [1.807, 2.05) is 6.07 Å². The van der Waals surface area contributed by atoms with E-state index < -0.39 is 25.7 Å². The van der Waals surface area contributed by atoms with Crippen LogP contribution in [0.1, 0.15) is 23.4 Å². The van der Waals surface area contributed by atoms with Crippen LogP contribution in [0.25, 0.3) is 10.9 Å². The lowest BCUT2D eigenvalue weighted by Gasteiger charge is -2.31. The van der Waals surface area contributed by atoms with E-state index in [0.717, 1.165) is 48.1 Å². The first kappa shape index (κ1) is 24.0. The van der Waals surface area contributed by atoms with E-state index in [9.17, 15) is 13.2 Å². The first-order valence-electron chi connectivity index (χ1n) is 10.6. The molecule has 0 atom stereocenters. The van der Waals surface area contributed by atoms with E-state index in [4.69, 9.17) is 4.74 Å². The molecular weight excluding hydrogens is 468 g/mol. The Morgan fingerprint density at radius 1 is 1.21 bits per heavy atom. The molecule has 0 amide bonds. The molecule has 0 aliphatic carbocycles. The minimum atomic E-state index is -2.86. The Balaban J connectivity index is 1.68. The van der Waals surface area contributed by atoms with Crippen LogP contribution >= 0.6 is 19.9 Å².